The Morgan fingerprint density at radius 1 is 1.31 bits per heavy atom. The summed E-state index contributed by atoms with van der Waals surface area (Å²) in [5.41, 5.74) is 0. The predicted octanol–water partition coefficient (Wildman–Crippen LogP) is 0.330. The molecule has 16 heavy (non-hydrogen) atoms. The average molecular weight is 252 g/mol. The number of rotatable bonds is 10. The summed E-state index contributed by atoms with van der Waals surface area (Å²) in [7, 11) is 0.346. The maximum atomic E-state index is 11.6. The number of methoxy groups -OCH3 is 1. The standard InChI is InChI=1S/C10H24N2O3S/c1-10(6-8-15-3)12-16(13,14)9-5-4-7-11-2/h10-12H,4-9H2,1-3H3. The van der Waals surface area contributed by atoms with Crippen molar-refractivity contribution in [1.29, 1.82) is 0 Å². The van der Waals surface area contributed by atoms with E-state index < -0.39 is 10.0 Å². The first-order valence-corrected chi connectivity index (χ1v) is 7.30. The van der Waals surface area contributed by atoms with Crippen LogP contribution in [0.1, 0.15) is 26.2 Å². The third kappa shape index (κ3) is 9.08. The molecule has 0 aliphatic heterocycles. The number of ether oxygens (including phenoxy) is 1. The smallest absolute Gasteiger partial charge is 0.211 e. The van der Waals surface area contributed by atoms with E-state index in [1.54, 1.807) is 7.11 Å². The Hall–Kier alpha value is -0.170. The molecule has 5 nitrogen and oxygen atoms in total. The third-order valence-corrected chi connectivity index (χ3v) is 3.81. The minimum absolute atomic E-state index is 0.0609. The summed E-state index contributed by atoms with van der Waals surface area (Å²) >= 11 is 0. The first kappa shape index (κ1) is 15.8. The van der Waals surface area contributed by atoms with Crippen molar-refractivity contribution in [2.75, 3.05) is 33.1 Å². The molecule has 0 aliphatic carbocycles. The van der Waals surface area contributed by atoms with Crippen molar-refractivity contribution in [2.24, 2.45) is 0 Å². The first-order valence-electron chi connectivity index (χ1n) is 5.65. The highest BCUT2D eigenvalue weighted by Crippen LogP contribution is 1.98. The maximum absolute atomic E-state index is 11.6. The molecule has 6 heteroatoms. The van der Waals surface area contributed by atoms with E-state index in [0.717, 1.165) is 13.0 Å². The second kappa shape index (κ2) is 8.92. The molecular weight excluding hydrogens is 228 g/mol. The molecule has 0 rings (SSSR count). The van der Waals surface area contributed by atoms with Crippen molar-refractivity contribution < 1.29 is 13.2 Å². The van der Waals surface area contributed by atoms with Crippen LogP contribution in [0.5, 0.6) is 0 Å². The van der Waals surface area contributed by atoms with Crippen LogP contribution in [-0.2, 0) is 14.8 Å². The van der Waals surface area contributed by atoms with Crippen LogP contribution in [0.15, 0.2) is 0 Å². The van der Waals surface area contributed by atoms with Gasteiger partial charge in [0, 0.05) is 19.8 Å². The van der Waals surface area contributed by atoms with Crippen molar-refractivity contribution in [3.63, 3.8) is 0 Å². The lowest BCUT2D eigenvalue weighted by molar-refractivity contribution is 0.188. The van der Waals surface area contributed by atoms with Gasteiger partial charge in [-0.1, -0.05) is 0 Å². The fourth-order valence-electron chi connectivity index (χ4n) is 1.31. The van der Waals surface area contributed by atoms with E-state index in [1.807, 2.05) is 14.0 Å². The number of hydrogen-bond acceptors (Lipinski definition) is 4. The van der Waals surface area contributed by atoms with E-state index in [4.69, 9.17) is 4.74 Å². The summed E-state index contributed by atoms with van der Waals surface area (Å²) in [5.74, 6) is 0.200. The molecule has 1 unspecified atom stereocenters. The molecular formula is C10H24N2O3S. The number of hydrogen-bond donors (Lipinski definition) is 2. The van der Waals surface area contributed by atoms with Crippen LogP contribution in [0.2, 0.25) is 0 Å². The van der Waals surface area contributed by atoms with Gasteiger partial charge in [-0.3, -0.25) is 0 Å². The lowest BCUT2D eigenvalue weighted by atomic mass is 10.3. The van der Waals surface area contributed by atoms with E-state index in [2.05, 4.69) is 10.0 Å². The SMILES string of the molecule is CNCCCCS(=O)(=O)NC(C)CCOC. The Kier molecular flexibility index (Phi) is 8.83. The maximum Gasteiger partial charge on any atom is 0.211 e. The molecule has 0 spiro atoms. The third-order valence-electron chi connectivity index (χ3n) is 2.23. The lowest BCUT2D eigenvalue weighted by Gasteiger charge is -2.13. The highest BCUT2D eigenvalue weighted by atomic mass is 32.2. The monoisotopic (exact) mass is 252 g/mol. The van der Waals surface area contributed by atoms with Gasteiger partial charge in [0.05, 0.1) is 5.75 Å². The van der Waals surface area contributed by atoms with Crippen LogP contribution in [0.25, 0.3) is 0 Å². The zero-order valence-electron chi connectivity index (χ0n) is 10.5. The molecule has 2 N–H and O–H groups in total. The van der Waals surface area contributed by atoms with Gasteiger partial charge in [-0.2, -0.15) is 0 Å². The molecule has 0 bridgehead atoms. The van der Waals surface area contributed by atoms with Gasteiger partial charge in [-0.25, -0.2) is 13.1 Å². The molecule has 0 heterocycles. The minimum atomic E-state index is -3.13. The van der Waals surface area contributed by atoms with Gasteiger partial charge in [0.2, 0.25) is 10.0 Å². The molecule has 0 saturated carbocycles. The fraction of sp³-hybridized carbons (Fsp3) is 1.00. The summed E-state index contributed by atoms with van der Waals surface area (Å²) in [6.07, 6.45) is 2.27. The largest absolute Gasteiger partial charge is 0.385 e. The Morgan fingerprint density at radius 2 is 2.00 bits per heavy atom. The number of unbranched alkanes of at least 4 members (excludes halogenated alkanes) is 1. The van der Waals surface area contributed by atoms with Crippen molar-refractivity contribution in [1.82, 2.24) is 10.0 Å². The second-order valence-corrected chi connectivity index (χ2v) is 5.80. The summed E-state index contributed by atoms with van der Waals surface area (Å²) in [5, 5.41) is 2.99. The number of sulfonamides is 1. The van der Waals surface area contributed by atoms with E-state index in [9.17, 15) is 8.42 Å². The molecule has 0 saturated heterocycles. The van der Waals surface area contributed by atoms with Crippen LogP contribution >= 0.6 is 0 Å². The minimum Gasteiger partial charge on any atom is -0.385 e. The van der Waals surface area contributed by atoms with Gasteiger partial charge in [0.15, 0.2) is 0 Å². The molecule has 0 radical (unpaired) electrons. The molecule has 0 fully saturated rings. The fourth-order valence-corrected chi connectivity index (χ4v) is 2.75. The van der Waals surface area contributed by atoms with E-state index in [1.165, 1.54) is 0 Å². The molecule has 0 aromatic carbocycles. The van der Waals surface area contributed by atoms with Gasteiger partial charge >= 0.3 is 0 Å². The van der Waals surface area contributed by atoms with E-state index >= 15 is 0 Å². The van der Waals surface area contributed by atoms with Gasteiger partial charge < -0.3 is 10.1 Å². The zero-order chi connectivity index (χ0) is 12.4. The molecule has 0 amide bonds. The van der Waals surface area contributed by atoms with Crippen LogP contribution in [0, 0.1) is 0 Å². The highest BCUT2D eigenvalue weighted by molar-refractivity contribution is 7.89. The average Bonchev–Trinajstić information content (AvgIpc) is 2.21. The Morgan fingerprint density at radius 3 is 2.56 bits per heavy atom. The summed E-state index contributed by atoms with van der Waals surface area (Å²) in [6.45, 7) is 3.28. The summed E-state index contributed by atoms with van der Waals surface area (Å²) < 4.78 is 30.7. The van der Waals surface area contributed by atoms with Gasteiger partial charge in [0.25, 0.3) is 0 Å². The molecule has 0 aliphatic rings. The molecule has 98 valence electrons. The Bertz CT molecular complexity index is 255. The van der Waals surface area contributed by atoms with Crippen LogP contribution in [-0.4, -0.2) is 47.5 Å². The van der Waals surface area contributed by atoms with Crippen molar-refractivity contribution >= 4 is 10.0 Å². The Labute approximate surface area is 99.0 Å². The zero-order valence-corrected chi connectivity index (χ0v) is 11.3. The Balaban J connectivity index is 3.76. The normalized spacial score (nSPS) is 13.9. The van der Waals surface area contributed by atoms with Gasteiger partial charge in [0.1, 0.15) is 0 Å². The second-order valence-electron chi connectivity index (χ2n) is 3.93. The van der Waals surface area contributed by atoms with Crippen LogP contribution in [0.4, 0.5) is 0 Å². The summed E-state index contributed by atoms with van der Waals surface area (Å²) in [4.78, 5) is 0. The molecule has 1 atom stereocenters. The predicted molar refractivity (Wildman–Crippen MR) is 66.0 cm³/mol. The highest BCUT2D eigenvalue weighted by Gasteiger charge is 2.13. The van der Waals surface area contributed by atoms with E-state index in [-0.39, 0.29) is 11.8 Å². The molecule has 0 aromatic heterocycles. The van der Waals surface area contributed by atoms with E-state index in [0.29, 0.717) is 19.4 Å². The molecule has 0 aromatic rings. The van der Waals surface area contributed by atoms with Crippen LogP contribution < -0.4 is 10.0 Å². The summed E-state index contributed by atoms with van der Waals surface area (Å²) in [6, 6.07) is -0.0609. The first-order chi connectivity index (χ1) is 7.52. The lowest BCUT2D eigenvalue weighted by Crippen LogP contribution is -2.35. The van der Waals surface area contributed by atoms with Crippen molar-refractivity contribution in [3.8, 4) is 0 Å². The van der Waals surface area contributed by atoms with Gasteiger partial charge in [-0.15, -0.1) is 0 Å². The quantitative estimate of drug-likeness (QED) is 0.550. The van der Waals surface area contributed by atoms with Crippen molar-refractivity contribution in [2.45, 2.75) is 32.2 Å². The topological polar surface area (TPSA) is 67.4 Å². The van der Waals surface area contributed by atoms with Crippen LogP contribution in [0.3, 0.4) is 0 Å². The number of nitrogens with one attached hydrogen (secondary N) is 2. The van der Waals surface area contributed by atoms with Gasteiger partial charge in [-0.05, 0) is 39.8 Å². The van der Waals surface area contributed by atoms with Crippen molar-refractivity contribution in [3.05, 3.63) is 0 Å².